The van der Waals surface area contributed by atoms with Gasteiger partial charge in [-0.05, 0) is 49.3 Å². The van der Waals surface area contributed by atoms with E-state index in [1.807, 2.05) is 12.1 Å². The van der Waals surface area contributed by atoms with E-state index >= 15 is 0 Å². The molecule has 1 aliphatic rings. The van der Waals surface area contributed by atoms with E-state index in [0.717, 1.165) is 29.9 Å². The fraction of sp³-hybridized carbons (Fsp3) is 0.556. The molecule has 23 heavy (non-hydrogen) atoms. The third-order valence-electron chi connectivity index (χ3n) is 4.28. The average molecular weight is 394 g/mol. The van der Waals surface area contributed by atoms with Gasteiger partial charge in [-0.1, -0.05) is 48.7 Å². The lowest BCUT2D eigenvalue weighted by molar-refractivity contribution is 0.130. The number of rotatable bonds is 7. The molecule has 0 amide bonds. The molecule has 1 aliphatic carbocycles. The van der Waals surface area contributed by atoms with Gasteiger partial charge < -0.3 is 5.11 Å². The van der Waals surface area contributed by atoms with E-state index in [4.69, 9.17) is 34.8 Å². The number of halogens is 3. The predicted molar refractivity (Wildman–Crippen MR) is 103 cm³/mol. The minimum atomic E-state index is -0.329. The highest BCUT2D eigenvalue weighted by molar-refractivity contribution is 7.99. The van der Waals surface area contributed by atoms with Gasteiger partial charge in [0.1, 0.15) is 0 Å². The van der Waals surface area contributed by atoms with Gasteiger partial charge in [0.05, 0.1) is 6.10 Å². The van der Waals surface area contributed by atoms with Crippen LogP contribution in [0.15, 0.2) is 35.2 Å². The van der Waals surface area contributed by atoms with Gasteiger partial charge in [-0.3, -0.25) is 0 Å². The molecule has 1 nitrogen and oxygen atoms in total. The van der Waals surface area contributed by atoms with Crippen molar-refractivity contribution in [1.82, 2.24) is 0 Å². The van der Waals surface area contributed by atoms with Crippen molar-refractivity contribution in [1.29, 1.82) is 0 Å². The Labute approximate surface area is 158 Å². The molecule has 1 aromatic rings. The standard InChI is InChI=1S/C18H23Cl3OS/c1-2-3-4-5-6-15-16(18(22)10-17(15)21)11-23-14-8-12(19)7-13(20)9-14/h4-5,7-9,15-18,22H,2-3,6,10-11H2,1H3/b5-4-/t15-,16-,17-,18-/m1/s1. The zero-order valence-corrected chi connectivity index (χ0v) is 16.3. The molecule has 0 spiro atoms. The molecule has 0 heterocycles. The van der Waals surface area contributed by atoms with Crippen LogP contribution >= 0.6 is 46.6 Å². The van der Waals surface area contributed by atoms with Crippen molar-refractivity contribution in [2.75, 3.05) is 5.75 Å². The molecule has 0 radical (unpaired) electrons. The summed E-state index contributed by atoms with van der Waals surface area (Å²) in [6, 6.07) is 5.55. The lowest BCUT2D eigenvalue weighted by Crippen LogP contribution is -2.22. The Morgan fingerprint density at radius 2 is 1.87 bits per heavy atom. The van der Waals surface area contributed by atoms with Crippen LogP contribution in [0, 0.1) is 11.8 Å². The summed E-state index contributed by atoms with van der Waals surface area (Å²) in [6.07, 6.45) is 7.97. The summed E-state index contributed by atoms with van der Waals surface area (Å²) in [5.74, 6) is 1.35. The first-order valence-corrected chi connectivity index (χ1v) is 10.2. The number of aliphatic hydroxyl groups is 1. The van der Waals surface area contributed by atoms with Crippen LogP contribution in [0.1, 0.15) is 32.6 Å². The van der Waals surface area contributed by atoms with Crippen LogP contribution in [0.4, 0.5) is 0 Å². The second kappa shape index (κ2) is 9.58. The third kappa shape index (κ3) is 5.86. The van der Waals surface area contributed by atoms with Crippen molar-refractivity contribution >= 4 is 46.6 Å². The SMILES string of the molecule is CCC/C=C\C[C@@H]1[C@@H](CSc2cc(Cl)cc(Cl)c2)[C@H](O)C[C@H]1Cl. The first-order valence-electron chi connectivity index (χ1n) is 8.07. The number of allylic oxidation sites excluding steroid dienone is 2. The second-order valence-electron chi connectivity index (χ2n) is 6.06. The Morgan fingerprint density at radius 3 is 2.52 bits per heavy atom. The van der Waals surface area contributed by atoms with Crippen LogP contribution in [-0.4, -0.2) is 22.3 Å². The molecule has 1 fully saturated rings. The van der Waals surface area contributed by atoms with Crippen molar-refractivity contribution in [3.8, 4) is 0 Å². The van der Waals surface area contributed by atoms with E-state index in [1.165, 1.54) is 0 Å². The van der Waals surface area contributed by atoms with E-state index in [-0.39, 0.29) is 17.4 Å². The van der Waals surface area contributed by atoms with Gasteiger partial charge in [0.25, 0.3) is 0 Å². The number of thioether (sulfide) groups is 1. The van der Waals surface area contributed by atoms with Crippen molar-refractivity contribution in [2.45, 2.75) is 49.0 Å². The first-order chi connectivity index (χ1) is 11.0. The van der Waals surface area contributed by atoms with Gasteiger partial charge in [-0.2, -0.15) is 0 Å². The van der Waals surface area contributed by atoms with Crippen LogP contribution in [0.2, 0.25) is 10.0 Å². The second-order valence-corrected chi connectivity index (χ2v) is 8.59. The van der Waals surface area contributed by atoms with Gasteiger partial charge in [0, 0.05) is 26.1 Å². The van der Waals surface area contributed by atoms with Gasteiger partial charge in [-0.25, -0.2) is 0 Å². The highest BCUT2D eigenvalue weighted by Crippen LogP contribution is 2.41. The Balaban J connectivity index is 1.97. The molecule has 0 unspecified atom stereocenters. The Kier molecular flexibility index (Phi) is 8.11. The van der Waals surface area contributed by atoms with E-state index < -0.39 is 0 Å². The van der Waals surface area contributed by atoms with E-state index in [9.17, 15) is 5.11 Å². The maximum Gasteiger partial charge on any atom is 0.0593 e. The van der Waals surface area contributed by atoms with Crippen LogP contribution in [-0.2, 0) is 0 Å². The Morgan fingerprint density at radius 1 is 1.17 bits per heavy atom. The molecular formula is C18H23Cl3OS. The fourth-order valence-corrected chi connectivity index (χ4v) is 5.44. The first kappa shape index (κ1) is 19.5. The summed E-state index contributed by atoms with van der Waals surface area (Å²) in [5.41, 5.74) is 0. The molecule has 2 rings (SSSR count). The lowest BCUT2D eigenvalue weighted by atomic mass is 9.93. The molecule has 1 saturated carbocycles. The summed E-state index contributed by atoms with van der Waals surface area (Å²) >= 11 is 20.2. The molecule has 0 saturated heterocycles. The van der Waals surface area contributed by atoms with Crippen molar-refractivity contribution in [3.05, 3.63) is 40.4 Å². The zero-order valence-electron chi connectivity index (χ0n) is 13.2. The van der Waals surface area contributed by atoms with Gasteiger partial charge in [0.15, 0.2) is 0 Å². The highest BCUT2D eigenvalue weighted by atomic mass is 35.5. The largest absolute Gasteiger partial charge is 0.393 e. The van der Waals surface area contributed by atoms with E-state index in [1.54, 1.807) is 17.8 Å². The molecular weight excluding hydrogens is 371 g/mol. The normalized spacial score (nSPS) is 27.9. The predicted octanol–water partition coefficient (Wildman–Crippen LogP) is 6.44. The van der Waals surface area contributed by atoms with E-state index in [0.29, 0.717) is 22.4 Å². The van der Waals surface area contributed by atoms with Gasteiger partial charge >= 0.3 is 0 Å². The number of alkyl halides is 1. The van der Waals surface area contributed by atoms with Crippen molar-refractivity contribution < 1.29 is 5.11 Å². The molecule has 4 atom stereocenters. The Bertz CT molecular complexity index is 515. The number of hydrogen-bond acceptors (Lipinski definition) is 2. The maximum absolute atomic E-state index is 10.3. The maximum atomic E-state index is 10.3. The summed E-state index contributed by atoms with van der Waals surface area (Å²) in [4.78, 5) is 1.04. The molecule has 5 heteroatoms. The van der Waals surface area contributed by atoms with Gasteiger partial charge in [-0.15, -0.1) is 23.4 Å². The quantitative estimate of drug-likeness (QED) is 0.327. The zero-order chi connectivity index (χ0) is 16.8. The fourth-order valence-electron chi connectivity index (χ4n) is 3.03. The average Bonchev–Trinajstić information content (AvgIpc) is 2.74. The monoisotopic (exact) mass is 392 g/mol. The molecule has 1 aromatic carbocycles. The van der Waals surface area contributed by atoms with E-state index in [2.05, 4.69) is 19.1 Å². The highest BCUT2D eigenvalue weighted by Gasteiger charge is 2.40. The summed E-state index contributed by atoms with van der Waals surface area (Å²) in [5, 5.41) is 11.7. The van der Waals surface area contributed by atoms with Gasteiger partial charge in [0.2, 0.25) is 0 Å². The number of unbranched alkanes of at least 4 members (excludes halogenated alkanes) is 1. The molecule has 0 bridgehead atoms. The van der Waals surface area contributed by atoms with Crippen LogP contribution in [0.25, 0.3) is 0 Å². The molecule has 1 N–H and O–H groups in total. The molecule has 0 aromatic heterocycles. The Hall–Kier alpha value is 0.140. The van der Waals surface area contributed by atoms with Crippen LogP contribution in [0.5, 0.6) is 0 Å². The number of hydrogen-bond donors (Lipinski definition) is 1. The van der Waals surface area contributed by atoms with Crippen LogP contribution in [0.3, 0.4) is 0 Å². The number of aliphatic hydroxyl groups excluding tert-OH is 1. The molecule has 0 aliphatic heterocycles. The lowest BCUT2D eigenvalue weighted by Gasteiger charge is -2.22. The number of benzene rings is 1. The minimum Gasteiger partial charge on any atom is -0.393 e. The molecule has 128 valence electrons. The summed E-state index contributed by atoms with van der Waals surface area (Å²) < 4.78 is 0. The van der Waals surface area contributed by atoms with Crippen molar-refractivity contribution in [3.63, 3.8) is 0 Å². The third-order valence-corrected chi connectivity index (χ3v) is 6.34. The van der Waals surface area contributed by atoms with Crippen LogP contribution < -0.4 is 0 Å². The van der Waals surface area contributed by atoms with Crippen molar-refractivity contribution in [2.24, 2.45) is 11.8 Å². The minimum absolute atomic E-state index is 0.0461. The summed E-state index contributed by atoms with van der Waals surface area (Å²) in [7, 11) is 0. The smallest absolute Gasteiger partial charge is 0.0593 e. The topological polar surface area (TPSA) is 20.2 Å². The summed E-state index contributed by atoms with van der Waals surface area (Å²) in [6.45, 7) is 2.17.